The third-order valence-corrected chi connectivity index (χ3v) is 5.89. The maximum atomic E-state index is 5.99. The van der Waals surface area contributed by atoms with Gasteiger partial charge in [0.1, 0.15) is 17.3 Å². The molecule has 0 bridgehead atoms. The van der Waals surface area contributed by atoms with Crippen molar-refractivity contribution in [1.29, 1.82) is 0 Å². The fraction of sp³-hybridized carbons (Fsp3) is 0.667. The highest BCUT2D eigenvalue weighted by Gasteiger charge is 2.35. The highest BCUT2D eigenvalue weighted by molar-refractivity contribution is 5.50. The van der Waals surface area contributed by atoms with E-state index < -0.39 is 0 Å². The van der Waals surface area contributed by atoms with Gasteiger partial charge in [-0.1, -0.05) is 13.8 Å². The van der Waals surface area contributed by atoms with Crippen LogP contribution in [0.15, 0.2) is 10.5 Å². The molecule has 1 N–H and O–H groups in total. The molecule has 1 fully saturated rings. The lowest BCUT2D eigenvalue weighted by Gasteiger charge is -2.35. The Morgan fingerprint density at radius 1 is 1.26 bits per heavy atom. The minimum atomic E-state index is 0.242. The molecule has 148 valence electrons. The maximum Gasteiger partial charge on any atom is 0.131 e. The van der Waals surface area contributed by atoms with Gasteiger partial charge in [-0.15, -0.1) is 0 Å². The average molecular weight is 373 g/mol. The van der Waals surface area contributed by atoms with Crippen LogP contribution >= 0.6 is 0 Å². The Morgan fingerprint density at radius 2 is 2.00 bits per heavy atom. The SMILES string of the molecule is Cc1cc2c(o1)CC(C)(C)C[C@H]2NCc1c(C)nn(C)c1N1CCOCC1. The van der Waals surface area contributed by atoms with Gasteiger partial charge < -0.3 is 19.4 Å². The van der Waals surface area contributed by atoms with E-state index in [0.29, 0.717) is 6.04 Å². The van der Waals surface area contributed by atoms with Gasteiger partial charge in [0.2, 0.25) is 0 Å². The zero-order chi connectivity index (χ0) is 19.2. The molecule has 2 aromatic rings. The summed E-state index contributed by atoms with van der Waals surface area (Å²) in [4.78, 5) is 2.40. The highest BCUT2D eigenvalue weighted by Crippen LogP contribution is 2.42. The zero-order valence-electron chi connectivity index (χ0n) is 17.3. The van der Waals surface area contributed by atoms with Crippen LogP contribution in [0.2, 0.25) is 0 Å². The third kappa shape index (κ3) is 3.65. The molecule has 6 nitrogen and oxygen atoms in total. The fourth-order valence-corrected chi connectivity index (χ4v) is 4.66. The van der Waals surface area contributed by atoms with E-state index in [1.807, 2.05) is 18.7 Å². The molecule has 3 heterocycles. The molecule has 0 amide bonds. The van der Waals surface area contributed by atoms with Gasteiger partial charge in [-0.05, 0) is 31.7 Å². The van der Waals surface area contributed by atoms with Gasteiger partial charge in [0.25, 0.3) is 0 Å². The molecule has 0 saturated carbocycles. The molecule has 0 spiro atoms. The van der Waals surface area contributed by atoms with Gasteiger partial charge in [-0.2, -0.15) is 5.10 Å². The number of aromatic nitrogens is 2. The molecule has 0 aromatic carbocycles. The molecular formula is C21H32N4O2. The second kappa shape index (κ2) is 6.99. The quantitative estimate of drug-likeness (QED) is 0.893. The Hall–Kier alpha value is -1.79. The smallest absolute Gasteiger partial charge is 0.131 e. The number of nitrogens with one attached hydrogen (secondary N) is 1. The van der Waals surface area contributed by atoms with Crippen molar-refractivity contribution >= 4 is 5.82 Å². The van der Waals surface area contributed by atoms with E-state index in [1.54, 1.807) is 0 Å². The van der Waals surface area contributed by atoms with Crippen molar-refractivity contribution in [3.8, 4) is 0 Å². The van der Waals surface area contributed by atoms with E-state index in [4.69, 9.17) is 14.3 Å². The Morgan fingerprint density at radius 3 is 2.74 bits per heavy atom. The molecule has 1 atom stereocenters. The molecule has 6 heteroatoms. The van der Waals surface area contributed by atoms with Crippen molar-refractivity contribution < 1.29 is 9.15 Å². The molecule has 27 heavy (non-hydrogen) atoms. The van der Waals surface area contributed by atoms with Gasteiger partial charge in [0.05, 0.1) is 18.9 Å². The summed E-state index contributed by atoms with van der Waals surface area (Å²) in [5, 5.41) is 8.53. The minimum Gasteiger partial charge on any atom is -0.466 e. The van der Waals surface area contributed by atoms with E-state index in [-0.39, 0.29) is 5.41 Å². The van der Waals surface area contributed by atoms with Crippen LogP contribution in [0.25, 0.3) is 0 Å². The first-order valence-corrected chi connectivity index (χ1v) is 10.0. The molecule has 2 aromatic heterocycles. The number of furan rings is 1. The Kier molecular flexibility index (Phi) is 4.80. The van der Waals surface area contributed by atoms with Crippen LogP contribution in [0.5, 0.6) is 0 Å². The summed E-state index contributed by atoms with van der Waals surface area (Å²) in [5.41, 5.74) is 3.97. The van der Waals surface area contributed by atoms with E-state index in [2.05, 4.69) is 37.1 Å². The molecule has 4 rings (SSSR count). The van der Waals surface area contributed by atoms with Crippen LogP contribution in [0.1, 0.15) is 54.7 Å². The molecule has 1 saturated heterocycles. The summed E-state index contributed by atoms with van der Waals surface area (Å²) < 4.78 is 13.5. The predicted octanol–water partition coefficient (Wildman–Crippen LogP) is 3.27. The fourth-order valence-electron chi connectivity index (χ4n) is 4.66. The molecular weight excluding hydrogens is 340 g/mol. The molecule has 1 aliphatic carbocycles. The van der Waals surface area contributed by atoms with Gasteiger partial charge in [0.15, 0.2) is 0 Å². The summed E-state index contributed by atoms with van der Waals surface area (Å²) in [7, 11) is 2.04. The number of hydrogen-bond acceptors (Lipinski definition) is 5. The van der Waals surface area contributed by atoms with Crippen LogP contribution in [-0.2, 0) is 24.8 Å². The minimum absolute atomic E-state index is 0.242. The number of ether oxygens (including phenoxy) is 1. The van der Waals surface area contributed by atoms with Gasteiger partial charge in [0, 0.05) is 50.3 Å². The van der Waals surface area contributed by atoms with Crippen LogP contribution in [0.3, 0.4) is 0 Å². The summed E-state index contributed by atoms with van der Waals surface area (Å²) >= 11 is 0. The van der Waals surface area contributed by atoms with Crippen molar-refractivity contribution in [2.45, 2.75) is 53.1 Å². The number of nitrogens with zero attached hydrogens (tertiary/aromatic N) is 3. The van der Waals surface area contributed by atoms with Gasteiger partial charge >= 0.3 is 0 Å². The standard InChI is InChI=1S/C21H32N4O2/c1-14-10-16-18(11-21(3,4)12-19(16)27-14)22-13-17-15(2)23-24(5)20(17)25-6-8-26-9-7-25/h10,18,22H,6-9,11-13H2,1-5H3/t18-/m1/s1. The lowest BCUT2D eigenvalue weighted by atomic mass is 9.74. The molecule has 2 aliphatic rings. The Balaban J connectivity index is 1.57. The van der Waals surface area contributed by atoms with E-state index in [1.165, 1.54) is 16.9 Å². The first kappa shape index (κ1) is 18.6. The number of rotatable bonds is 4. The highest BCUT2D eigenvalue weighted by atomic mass is 16.5. The molecule has 0 unspecified atom stereocenters. The monoisotopic (exact) mass is 372 g/mol. The normalized spacial score (nSPS) is 22.1. The lowest BCUT2D eigenvalue weighted by Crippen LogP contribution is -2.38. The summed E-state index contributed by atoms with van der Waals surface area (Å²) in [5.74, 6) is 3.38. The lowest BCUT2D eigenvalue weighted by molar-refractivity contribution is 0.122. The molecule has 1 aliphatic heterocycles. The first-order chi connectivity index (χ1) is 12.8. The van der Waals surface area contributed by atoms with Crippen LogP contribution in [0.4, 0.5) is 5.82 Å². The van der Waals surface area contributed by atoms with Crippen LogP contribution in [0, 0.1) is 19.3 Å². The second-order valence-electron chi connectivity index (χ2n) is 8.82. The van der Waals surface area contributed by atoms with E-state index >= 15 is 0 Å². The van der Waals surface area contributed by atoms with Crippen LogP contribution < -0.4 is 10.2 Å². The Bertz CT molecular complexity index is 815. The van der Waals surface area contributed by atoms with E-state index in [9.17, 15) is 0 Å². The van der Waals surface area contributed by atoms with Crippen molar-refractivity contribution in [3.05, 3.63) is 34.4 Å². The number of hydrogen-bond donors (Lipinski definition) is 1. The van der Waals surface area contributed by atoms with Crippen molar-refractivity contribution in [2.24, 2.45) is 12.5 Å². The summed E-state index contributed by atoms with van der Waals surface area (Å²) in [6.45, 7) is 13.0. The Labute approximate surface area is 161 Å². The summed E-state index contributed by atoms with van der Waals surface area (Å²) in [6.07, 6.45) is 2.13. The van der Waals surface area contributed by atoms with Gasteiger partial charge in [-0.25, -0.2) is 0 Å². The third-order valence-electron chi connectivity index (χ3n) is 5.89. The predicted molar refractivity (Wildman–Crippen MR) is 106 cm³/mol. The number of aryl methyl sites for hydroxylation is 3. The van der Waals surface area contributed by atoms with Gasteiger partial charge in [-0.3, -0.25) is 4.68 Å². The number of anilines is 1. The maximum absolute atomic E-state index is 5.99. The van der Waals surface area contributed by atoms with E-state index in [0.717, 1.165) is 62.9 Å². The topological polar surface area (TPSA) is 55.5 Å². The first-order valence-electron chi connectivity index (χ1n) is 10.0. The van der Waals surface area contributed by atoms with Crippen molar-refractivity contribution in [2.75, 3.05) is 31.2 Å². The van der Waals surface area contributed by atoms with Crippen molar-refractivity contribution in [1.82, 2.24) is 15.1 Å². The second-order valence-corrected chi connectivity index (χ2v) is 8.82. The van der Waals surface area contributed by atoms with Crippen LogP contribution in [-0.4, -0.2) is 36.1 Å². The number of fused-ring (bicyclic) bond motifs is 1. The number of morpholine rings is 1. The average Bonchev–Trinajstić information content (AvgIpc) is 3.10. The summed E-state index contributed by atoms with van der Waals surface area (Å²) in [6, 6.07) is 2.53. The van der Waals surface area contributed by atoms with Crippen molar-refractivity contribution in [3.63, 3.8) is 0 Å². The zero-order valence-corrected chi connectivity index (χ0v) is 17.3. The molecule has 0 radical (unpaired) electrons. The largest absolute Gasteiger partial charge is 0.466 e.